The van der Waals surface area contributed by atoms with Gasteiger partial charge in [-0.3, -0.25) is 15.6 Å². The van der Waals surface area contributed by atoms with Crippen LogP contribution in [0.1, 0.15) is 9.67 Å². The molecule has 0 saturated carbocycles. The Labute approximate surface area is 169 Å². The van der Waals surface area contributed by atoms with Crippen molar-refractivity contribution in [2.24, 2.45) is 0 Å². The molecule has 0 atom stereocenters. The molecule has 0 unspecified atom stereocenters. The van der Waals surface area contributed by atoms with Crippen LogP contribution in [0, 0.1) is 0 Å². The molecule has 2 aromatic heterocycles. The highest BCUT2D eigenvalue weighted by Gasteiger charge is 2.17. The zero-order chi connectivity index (χ0) is 19.1. The number of anilines is 1. The zero-order valence-electron chi connectivity index (χ0n) is 14.6. The average molecular weight is 404 g/mol. The van der Waals surface area contributed by atoms with Gasteiger partial charge in [0.05, 0.1) is 21.7 Å². The van der Waals surface area contributed by atoms with Crippen molar-refractivity contribution in [1.29, 1.82) is 0 Å². The third-order valence-electron chi connectivity index (χ3n) is 4.63. The Morgan fingerprint density at radius 1 is 0.821 bits per heavy atom. The second-order valence-electron chi connectivity index (χ2n) is 6.34. The van der Waals surface area contributed by atoms with E-state index in [0.29, 0.717) is 9.90 Å². The summed E-state index contributed by atoms with van der Waals surface area (Å²) in [6.07, 6.45) is 0. The van der Waals surface area contributed by atoms with Gasteiger partial charge in [-0.1, -0.05) is 66.2 Å². The highest BCUT2D eigenvalue weighted by molar-refractivity contribution is 7.21. The Hall–Kier alpha value is -3.15. The molecule has 2 N–H and O–H groups in total. The van der Waals surface area contributed by atoms with E-state index in [9.17, 15) is 4.79 Å². The van der Waals surface area contributed by atoms with Crippen molar-refractivity contribution in [3.05, 3.63) is 82.7 Å². The van der Waals surface area contributed by atoms with E-state index < -0.39 is 0 Å². The molecule has 3 aromatic carbocycles. The van der Waals surface area contributed by atoms with Crippen molar-refractivity contribution in [3.63, 3.8) is 0 Å². The number of carbonyl (C=O) groups excluding carboxylic acids is 1. The second kappa shape index (κ2) is 6.78. The van der Waals surface area contributed by atoms with E-state index in [-0.39, 0.29) is 5.91 Å². The van der Waals surface area contributed by atoms with Gasteiger partial charge < -0.3 is 0 Å². The Bertz CT molecular complexity index is 1310. The van der Waals surface area contributed by atoms with Crippen LogP contribution < -0.4 is 10.9 Å². The van der Waals surface area contributed by atoms with Crippen LogP contribution in [0.5, 0.6) is 0 Å². The standard InChI is InChI=1S/C22H14ClN3OS/c23-19-15-9-3-6-12-18(15)28-21(19)22(27)26-25-20-13-7-1-4-10-16(13)24-17-11-5-2-8-14(17)20/h1-12H,(H,24,25)(H,26,27). The highest BCUT2D eigenvalue weighted by atomic mass is 35.5. The van der Waals surface area contributed by atoms with Crippen molar-refractivity contribution >= 4 is 66.4 Å². The van der Waals surface area contributed by atoms with Crippen molar-refractivity contribution < 1.29 is 4.79 Å². The van der Waals surface area contributed by atoms with Crippen molar-refractivity contribution in [1.82, 2.24) is 10.4 Å². The number of para-hydroxylation sites is 2. The Balaban J connectivity index is 1.54. The molecule has 0 spiro atoms. The van der Waals surface area contributed by atoms with Gasteiger partial charge in [0.25, 0.3) is 5.91 Å². The molecule has 4 nitrogen and oxygen atoms in total. The molecular weight excluding hydrogens is 390 g/mol. The van der Waals surface area contributed by atoms with Crippen LogP contribution in [0.3, 0.4) is 0 Å². The molecule has 28 heavy (non-hydrogen) atoms. The molecule has 5 rings (SSSR count). The third kappa shape index (κ3) is 2.76. The quantitative estimate of drug-likeness (QED) is 0.286. The number of pyridine rings is 1. The van der Waals surface area contributed by atoms with Gasteiger partial charge in [0.2, 0.25) is 0 Å². The van der Waals surface area contributed by atoms with E-state index >= 15 is 0 Å². The first-order valence-corrected chi connectivity index (χ1v) is 9.93. The number of hydrogen-bond donors (Lipinski definition) is 2. The number of aromatic nitrogens is 1. The maximum atomic E-state index is 12.8. The van der Waals surface area contributed by atoms with Gasteiger partial charge in [0.1, 0.15) is 4.88 Å². The lowest BCUT2D eigenvalue weighted by molar-refractivity contribution is 0.0967. The fourth-order valence-corrected chi connectivity index (χ4v) is 4.72. The fraction of sp³-hybridized carbons (Fsp3) is 0. The Kier molecular flexibility index (Phi) is 4.11. The zero-order valence-corrected chi connectivity index (χ0v) is 16.1. The Morgan fingerprint density at radius 3 is 2.04 bits per heavy atom. The minimum absolute atomic E-state index is 0.267. The van der Waals surface area contributed by atoms with E-state index in [2.05, 4.69) is 10.9 Å². The first-order chi connectivity index (χ1) is 13.7. The van der Waals surface area contributed by atoms with Crippen LogP contribution in [-0.4, -0.2) is 10.9 Å². The van der Waals surface area contributed by atoms with Crippen LogP contribution in [-0.2, 0) is 0 Å². The number of fused-ring (bicyclic) bond motifs is 3. The summed E-state index contributed by atoms with van der Waals surface area (Å²) in [5.74, 6) is -0.267. The molecular formula is C22H14ClN3OS. The van der Waals surface area contributed by atoms with Gasteiger partial charge in [-0.25, -0.2) is 4.98 Å². The topological polar surface area (TPSA) is 54.0 Å². The fourth-order valence-electron chi connectivity index (χ4n) is 3.31. The molecule has 0 fully saturated rings. The number of halogens is 1. The Morgan fingerprint density at radius 2 is 1.39 bits per heavy atom. The molecule has 6 heteroatoms. The van der Waals surface area contributed by atoms with Gasteiger partial charge in [-0.2, -0.15) is 0 Å². The number of amides is 1. The lowest BCUT2D eigenvalue weighted by Crippen LogP contribution is -2.29. The van der Waals surface area contributed by atoms with E-state index in [1.54, 1.807) is 0 Å². The maximum Gasteiger partial charge on any atom is 0.281 e. The van der Waals surface area contributed by atoms with Crippen LogP contribution in [0.25, 0.3) is 31.9 Å². The molecule has 0 bridgehead atoms. The van der Waals surface area contributed by atoms with Gasteiger partial charge in [0, 0.05) is 20.9 Å². The normalized spacial score (nSPS) is 11.2. The summed E-state index contributed by atoms with van der Waals surface area (Å²) in [7, 11) is 0. The molecule has 0 aliphatic rings. The summed E-state index contributed by atoms with van der Waals surface area (Å²) in [6, 6.07) is 23.4. The number of hydrazine groups is 1. The highest BCUT2D eigenvalue weighted by Crippen LogP contribution is 2.35. The summed E-state index contributed by atoms with van der Waals surface area (Å²) in [6.45, 7) is 0. The summed E-state index contributed by atoms with van der Waals surface area (Å²) in [4.78, 5) is 18.0. The van der Waals surface area contributed by atoms with Gasteiger partial charge in [0.15, 0.2) is 0 Å². The smallest absolute Gasteiger partial charge is 0.281 e. The predicted octanol–water partition coefficient (Wildman–Crippen LogP) is 6.01. The second-order valence-corrected chi connectivity index (χ2v) is 7.77. The summed E-state index contributed by atoms with van der Waals surface area (Å²) in [5, 5.41) is 3.23. The number of nitrogens with one attached hydrogen (secondary N) is 2. The van der Waals surface area contributed by atoms with Crippen LogP contribution in [0.4, 0.5) is 5.69 Å². The molecule has 5 aromatic rings. The van der Waals surface area contributed by atoms with Crippen LogP contribution in [0.2, 0.25) is 5.02 Å². The monoisotopic (exact) mass is 403 g/mol. The summed E-state index contributed by atoms with van der Waals surface area (Å²) >= 11 is 7.81. The van der Waals surface area contributed by atoms with Crippen molar-refractivity contribution in [2.75, 3.05) is 5.43 Å². The molecule has 136 valence electrons. The largest absolute Gasteiger partial charge is 0.297 e. The number of carbonyl (C=O) groups is 1. The number of benzene rings is 3. The summed E-state index contributed by atoms with van der Waals surface area (Å²) < 4.78 is 0.984. The van der Waals surface area contributed by atoms with Gasteiger partial charge in [-0.15, -0.1) is 11.3 Å². The SMILES string of the molecule is O=C(NNc1c2ccccc2nc2ccccc12)c1sc2ccccc2c1Cl. The predicted molar refractivity (Wildman–Crippen MR) is 117 cm³/mol. The van der Waals surface area contributed by atoms with E-state index in [0.717, 1.165) is 37.6 Å². The third-order valence-corrected chi connectivity index (χ3v) is 6.30. The minimum atomic E-state index is -0.267. The van der Waals surface area contributed by atoms with Crippen molar-refractivity contribution in [3.8, 4) is 0 Å². The number of nitrogens with zero attached hydrogens (tertiary/aromatic N) is 1. The molecule has 0 saturated heterocycles. The van der Waals surface area contributed by atoms with Gasteiger partial charge >= 0.3 is 0 Å². The lowest BCUT2D eigenvalue weighted by atomic mass is 10.1. The molecule has 2 heterocycles. The molecule has 0 radical (unpaired) electrons. The number of rotatable bonds is 3. The maximum absolute atomic E-state index is 12.8. The number of hydrogen-bond acceptors (Lipinski definition) is 4. The van der Waals surface area contributed by atoms with E-state index in [1.807, 2.05) is 72.8 Å². The molecule has 0 aliphatic carbocycles. The average Bonchev–Trinajstić information content (AvgIpc) is 3.08. The van der Waals surface area contributed by atoms with Crippen LogP contribution in [0.15, 0.2) is 72.8 Å². The van der Waals surface area contributed by atoms with Gasteiger partial charge in [-0.05, 0) is 18.2 Å². The molecule has 1 amide bonds. The van der Waals surface area contributed by atoms with E-state index in [4.69, 9.17) is 16.6 Å². The first-order valence-electron chi connectivity index (χ1n) is 8.73. The minimum Gasteiger partial charge on any atom is -0.297 e. The first kappa shape index (κ1) is 17.0. The van der Waals surface area contributed by atoms with Crippen LogP contribution >= 0.6 is 22.9 Å². The van der Waals surface area contributed by atoms with E-state index in [1.165, 1.54) is 11.3 Å². The van der Waals surface area contributed by atoms with Crippen molar-refractivity contribution in [2.45, 2.75) is 0 Å². The summed E-state index contributed by atoms with van der Waals surface area (Å²) in [5.41, 5.74) is 8.45. The molecule has 0 aliphatic heterocycles. The number of thiophene rings is 1. The lowest BCUT2D eigenvalue weighted by Gasteiger charge is -2.13.